The van der Waals surface area contributed by atoms with Gasteiger partial charge in [0.2, 0.25) is 5.60 Å². The number of fused-ring (bicyclic) bond motifs is 2. The third-order valence-corrected chi connectivity index (χ3v) is 11.1. The minimum absolute atomic E-state index is 0.256. The zero-order valence-corrected chi connectivity index (χ0v) is 32.9. The molecule has 0 N–H and O–H groups in total. The average molecular weight is 709 g/mol. The Kier molecular flexibility index (Phi) is 15.0. The van der Waals surface area contributed by atoms with Crippen LogP contribution in [0.25, 0.3) is 10.9 Å². The van der Waals surface area contributed by atoms with Gasteiger partial charge < -0.3 is 18.9 Å². The Bertz CT molecular complexity index is 1710. The maximum atomic E-state index is 13.7. The molecule has 3 heterocycles. The number of hydrogen-bond donors (Lipinski definition) is 0. The van der Waals surface area contributed by atoms with Crippen molar-refractivity contribution in [3.63, 3.8) is 0 Å². The van der Waals surface area contributed by atoms with Crippen LogP contribution in [0.4, 0.5) is 5.69 Å². The first kappa shape index (κ1) is 39.3. The molecular weight excluding hydrogens is 645 g/mol. The van der Waals surface area contributed by atoms with Crippen molar-refractivity contribution in [2.24, 2.45) is 0 Å². The minimum Gasteiger partial charge on any atom is -0.493 e. The number of benzene rings is 2. The number of ether oxygens (including phenoxy) is 2. The number of aromatic nitrogens is 3. The Balaban J connectivity index is 1.31. The minimum atomic E-state index is -1.31. The molecule has 1 atom stereocenters. The molecule has 1 aliphatic rings. The van der Waals surface area contributed by atoms with Gasteiger partial charge in [0.05, 0.1) is 6.61 Å². The maximum Gasteiger partial charge on any atom is 0.360 e. The van der Waals surface area contributed by atoms with Gasteiger partial charge in [-0.3, -0.25) is 4.98 Å². The van der Waals surface area contributed by atoms with E-state index < -0.39 is 11.6 Å². The predicted molar refractivity (Wildman–Crippen MR) is 215 cm³/mol. The van der Waals surface area contributed by atoms with Crippen molar-refractivity contribution in [1.29, 1.82) is 0 Å². The quantitative estimate of drug-likeness (QED) is 0.0533. The van der Waals surface area contributed by atoms with Crippen molar-refractivity contribution >= 4 is 22.6 Å². The van der Waals surface area contributed by atoms with Gasteiger partial charge in [0.15, 0.2) is 5.69 Å². The molecular formula is C45H64N4O3. The SMILES string of the molecule is CCCCCCCCCCCCCCCCCCn1c(C)c(C2(c3ccc(N(CC)CC)cc3OCC)OC(=O)c3nccnc32)c2ccccc21. The van der Waals surface area contributed by atoms with Crippen LogP contribution in [-0.4, -0.2) is 40.2 Å². The monoisotopic (exact) mass is 708 g/mol. The molecule has 4 aromatic rings. The van der Waals surface area contributed by atoms with E-state index in [1.807, 2.05) is 6.92 Å². The zero-order valence-electron chi connectivity index (χ0n) is 32.9. The fourth-order valence-electron chi connectivity index (χ4n) is 8.31. The standard InChI is InChI=1S/C45H64N4O3/c1-6-10-11-12-13-14-15-16-17-18-19-20-21-22-23-26-33-49-35(5)41(37-27-24-25-28-39(37)49)45(43-42(44(50)52-45)46-31-32-47-43)38-30-29-36(48(7-2)8-3)34-40(38)51-9-4/h24-25,27-32,34H,6-23,26,33H2,1-5H3. The molecule has 7 heteroatoms. The molecule has 2 aromatic carbocycles. The highest BCUT2D eigenvalue weighted by atomic mass is 16.6. The summed E-state index contributed by atoms with van der Waals surface area (Å²) in [5.41, 5.74) is 4.45. The van der Waals surface area contributed by atoms with Gasteiger partial charge >= 0.3 is 5.97 Å². The van der Waals surface area contributed by atoms with Crippen molar-refractivity contribution in [3.05, 3.63) is 83.1 Å². The van der Waals surface area contributed by atoms with Gasteiger partial charge in [-0.1, -0.05) is 121 Å². The van der Waals surface area contributed by atoms with Crippen LogP contribution in [0.15, 0.2) is 54.9 Å². The van der Waals surface area contributed by atoms with E-state index in [-0.39, 0.29) is 5.69 Å². The number of unbranched alkanes of at least 4 members (excludes halogenated alkanes) is 15. The fourth-order valence-corrected chi connectivity index (χ4v) is 8.31. The number of nitrogens with zero attached hydrogens (tertiary/aromatic N) is 4. The first-order valence-electron chi connectivity index (χ1n) is 20.7. The fraction of sp³-hybridized carbons (Fsp3) is 0.578. The summed E-state index contributed by atoms with van der Waals surface area (Å²) in [5.74, 6) is 0.222. The molecule has 0 amide bonds. The maximum absolute atomic E-state index is 13.7. The van der Waals surface area contributed by atoms with Gasteiger partial charge in [0.25, 0.3) is 0 Å². The van der Waals surface area contributed by atoms with Gasteiger partial charge in [-0.25, -0.2) is 9.78 Å². The topological polar surface area (TPSA) is 69.5 Å². The van der Waals surface area contributed by atoms with Gasteiger partial charge in [-0.05, 0) is 52.3 Å². The summed E-state index contributed by atoms with van der Waals surface area (Å²) in [5, 5.41) is 1.05. The molecule has 5 rings (SSSR count). The summed E-state index contributed by atoms with van der Waals surface area (Å²) in [6.45, 7) is 13.9. The molecule has 0 aliphatic carbocycles. The molecule has 1 unspecified atom stereocenters. The Morgan fingerprint density at radius 3 is 1.96 bits per heavy atom. The van der Waals surface area contributed by atoms with E-state index in [2.05, 4.69) is 84.6 Å². The molecule has 52 heavy (non-hydrogen) atoms. The van der Waals surface area contributed by atoms with Crippen molar-refractivity contribution in [2.45, 2.75) is 149 Å². The van der Waals surface area contributed by atoms with E-state index in [0.29, 0.717) is 18.1 Å². The van der Waals surface area contributed by atoms with Crippen LogP contribution in [0.3, 0.4) is 0 Å². The summed E-state index contributed by atoms with van der Waals surface area (Å²) in [6.07, 6.45) is 24.9. The van der Waals surface area contributed by atoms with Crippen molar-refractivity contribution in [1.82, 2.24) is 14.5 Å². The molecule has 282 valence electrons. The second-order valence-electron chi connectivity index (χ2n) is 14.5. The van der Waals surface area contributed by atoms with Crippen LogP contribution in [0, 0.1) is 6.92 Å². The lowest BCUT2D eigenvalue weighted by Gasteiger charge is -2.32. The number of esters is 1. The third-order valence-electron chi connectivity index (χ3n) is 11.1. The largest absolute Gasteiger partial charge is 0.493 e. The van der Waals surface area contributed by atoms with E-state index in [4.69, 9.17) is 14.5 Å². The molecule has 0 spiro atoms. The van der Waals surface area contributed by atoms with Gasteiger partial charge in [-0.15, -0.1) is 0 Å². The van der Waals surface area contributed by atoms with Crippen LogP contribution in [-0.2, 0) is 16.9 Å². The van der Waals surface area contributed by atoms with Crippen LogP contribution >= 0.6 is 0 Å². The molecule has 0 saturated heterocycles. The molecule has 0 fully saturated rings. The van der Waals surface area contributed by atoms with E-state index in [0.717, 1.165) is 59.5 Å². The summed E-state index contributed by atoms with van der Waals surface area (Å²) in [7, 11) is 0. The lowest BCUT2D eigenvalue weighted by molar-refractivity contribution is 0.0235. The first-order chi connectivity index (χ1) is 25.5. The van der Waals surface area contributed by atoms with E-state index in [9.17, 15) is 4.79 Å². The molecule has 1 aliphatic heterocycles. The van der Waals surface area contributed by atoms with Crippen LogP contribution < -0.4 is 9.64 Å². The highest BCUT2D eigenvalue weighted by molar-refractivity contribution is 5.97. The number of anilines is 1. The average Bonchev–Trinajstić information content (AvgIpc) is 3.62. The Morgan fingerprint density at radius 1 is 0.750 bits per heavy atom. The van der Waals surface area contributed by atoms with Crippen LogP contribution in [0.5, 0.6) is 5.75 Å². The number of carbonyl (C=O) groups excluding carboxylic acids is 1. The summed E-state index contributed by atoms with van der Waals surface area (Å²) in [4.78, 5) is 25.3. The van der Waals surface area contributed by atoms with Crippen molar-refractivity contribution in [3.8, 4) is 5.75 Å². The van der Waals surface area contributed by atoms with E-state index >= 15 is 0 Å². The Morgan fingerprint density at radius 2 is 1.35 bits per heavy atom. The van der Waals surface area contributed by atoms with Gasteiger partial charge in [-0.2, -0.15) is 0 Å². The van der Waals surface area contributed by atoms with Crippen LogP contribution in [0.1, 0.15) is 163 Å². The smallest absolute Gasteiger partial charge is 0.360 e. The lowest BCUT2D eigenvalue weighted by Crippen LogP contribution is -2.32. The Labute approximate surface area is 313 Å². The van der Waals surface area contributed by atoms with E-state index in [1.165, 1.54) is 96.3 Å². The van der Waals surface area contributed by atoms with Crippen LogP contribution in [0.2, 0.25) is 0 Å². The van der Waals surface area contributed by atoms with E-state index in [1.54, 1.807) is 12.4 Å². The van der Waals surface area contributed by atoms with Gasteiger partial charge in [0, 0.05) is 71.5 Å². The third kappa shape index (κ3) is 8.83. The van der Waals surface area contributed by atoms with Crippen molar-refractivity contribution < 1.29 is 14.3 Å². The number of carbonyl (C=O) groups is 1. The Hall–Kier alpha value is -3.87. The summed E-state index contributed by atoms with van der Waals surface area (Å²) >= 11 is 0. The molecule has 0 radical (unpaired) electrons. The second-order valence-corrected chi connectivity index (χ2v) is 14.5. The number of aryl methyl sites for hydroxylation is 1. The zero-order chi connectivity index (χ0) is 36.8. The predicted octanol–water partition coefficient (Wildman–Crippen LogP) is 11.7. The summed E-state index contributed by atoms with van der Waals surface area (Å²) in [6, 6.07) is 14.8. The highest BCUT2D eigenvalue weighted by Crippen LogP contribution is 2.52. The number of para-hydroxylation sites is 1. The number of hydrogen-bond acceptors (Lipinski definition) is 6. The van der Waals surface area contributed by atoms with Gasteiger partial charge in [0.1, 0.15) is 11.4 Å². The first-order valence-corrected chi connectivity index (χ1v) is 20.7. The lowest BCUT2D eigenvalue weighted by atomic mass is 9.81. The molecule has 0 bridgehead atoms. The van der Waals surface area contributed by atoms with Crippen molar-refractivity contribution in [2.75, 3.05) is 24.6 Å². The molecule has 0 saturated carbocycles. The second kappa shape index (κ2) is 19.8. The molecule has 7 nitrogen and oxygen atoms in total. The summed E-state index contributed by atoms with van der Waals surface area (Å²) < 4.78 is 15.4. The number of cyclic esters (lactones) is 1. The normalized spacial score (nSPS) is 15.3. The highest BCUT2D eigenvalue weighted by Gasteiger charge is 2.54. The molecule has 2 aromatic heterocycles. The number of rotatable bonds is 24.